The molecule has 0 saturated carbocycles. The van der Waals surface area contributed by atoms with Crippen molar-refractivity contribution >= 4 is 11.6 Å². The molecule has 0 bridgehead atoms. The van der Waals surface area contributed by atoms with E-state index in [9.17, 15) is 4.79 Å². The first kappa shape index (κ1) is 9.61. The minimum Gasteiger partial charge on any atom is -0.353 e. The Morgan fingerprint density at radius 3 is 3.27 bits per heavy atom. The maximum atomic E-state index is 11.6. The van der Waals surface area contributed by atoms with E-state index in [0.717, 1.165) is 17.8 Å². The summed E-state index contributed by atoms with van der Waals surface area (Å²) in [6, 6.07) is 1.26. The first-order valence-corrected chi connectivity index (χ1v) is 4.71. The minimum absolute atomic E-state index is 0.224. The average Bonchev–Trinajstić information content (AvgIpc) is 2.45. The predicted octanol–water partition coefficient (Wildman–Crippen LogP) is 1.59. The highest BCUT2D eigenvalue weighted by Crippen LogP contribution is 2.23. The van der Waals surface area contributed by atoms with Crippen molar-refractivity contribution in [3.63, 3.8) is 0 Å². The number of nitrogens with one attached hydrogen (secondary N) is 1. The van der Waals surface area contributed by atoms with Gasteiger partial charge in [0.25, 0.3) is 0 Å². The summed E-state index contributed by atoms with van der Waals surface area (Å²) in [5.74, 6) is -0.224. The van der Waals surface area contributed by atoms with Gasteiger partial charge in [-0.15, -0.1) is 0 Å². The number of amides is 1. The molecule has 2 rings (SSSR count). The van der Waals surface area contributed by atoms with Crippen LogP contribution in [-0.2, 0) is 18.3 Å². The van der Waals surface area contributed by atoms with Gasteiger partial charge in [-0.3, -0.25) is 4.79 Å². The molecule has 1 aromatic heterocycles. The van der Waals surface area contributed by atoms with E-state index in [1.54, 1.807) is 0 Å². The fourth-order valence-electron chi connectivity index (χ4n) is 1.78. The summed E-state index contributed by atoms with van der Waals surface area (Å²) in [7, 11) is 1.93. The lowest BCUT2D eigenvalue weighted by Gasteiger charge is -2.04. The molecule has 6 nitrogen and oxygen atoms in total. The second-order valence-electron chi connectivity index (χ2n) is 3.54. The summed E-state index contributed by atoms with van der Waals surface area (Å²) in [5.41, 5.74) is 10.2. The van der Waals surface area contributed by atoms with Gasteiger partial charge in [0.15, 0.2) is 0 Å². The van der Waals surface area contributed by atoms with Crippen molar-refractivity contribution in [2.45, 2.75) is 18.9 Å². The number of fused-ring (bicyclic) bond motifs is 1. The maximum Gasteiger partial charge on any atom is 0.233 e. The van der Waals surface area contributed by atoms with Crippen LogP contribution in [0.1, 0.15) is 12.1 Å². The van der Waals surface area contributed by atoms with E-state index >= 15 is 0 Å². The number of carbonyl (C=O) groups excluding carboxylic acids is 1. The van der Waals surface area contributed by atoms with Crippen LogP contribution in [0.5, 0.6) is 0 Å². The summed E-state index contributed by atoms with van der Waals surface area (Å²) < 4.78 is 1.97. The molecule has 0 aliphatic carbocycles. The van der Waals surface area contributed by atoms with Crippen LogP contribution in [0.2, 0.25) is 0 Å². The topological polar surface area (TPSA) is 82.8 Å². The van der Waals surface area contributed by atoms with Crippen LogP contribution in [0, 0.1) is 0 Å². The molecule has 6 heteroatoms. The van der Waals surface area contributed by atoms with E-state index in [1.807, 2.05) is 23.9 Å². The van der Waals surface area contributed by atoms with Crippen molar-refractivity contribution in [3.8, 4) is 0 Å². The van der Waals surface area contributed by atoms with Gasteiger partial charge in [-0.1, -0.05) is 5.11 Å². The normalized spacial score (nSPS) is 19.8. The number of aryl methyl sites for hydroxylation is 1. The number of carbonyl (C=O) groups is 1. The molecule has 0 aromatic carbocycles. The lowest BCUT2D eigenvalue weighted by Crippen LogP contribution is -2.23. The highest BCUT2D eigenvalue weighted by Gasteiger charge is 2.23. The van der Waals surface area contributed by atoms with Crippen molar-refractivity contribution in [3.05, 3.63) is 28.4 Å². The van der Waals surface area contributed by atoms with Crippen LogP contribution in [-0.4, -0.2) is 16.5 Å². The second-order valence-corrected chi connectivity index (χ2v) is 3.54. The van der Waals surface area contributed by atoms with E-state index in [0.29, 0.717) is 6.42 Å². The highest BCUT2D eigenvalue weighted by molar-refractivity contribution is 5.96. The summed E-state index contributed by atoms with van der Waals surface area (Å²) in [6.45, 7) is 0. The molecule has 1 aromatic rings. The third kappa shape index (κ3) is 1.67. The lowest BCUT2D eigenvalue weighted by atomic mass is 10.1. The van der Waals surface area contributed by atoms with Crippen molar-refractivity contribution in [2.75, 3.05) is 5.32 Å². The number of hydrogen-bond donors (Lipinski definition) is 1. The highest BCUT2D eigenvalue weighted by atomic mass is 16.2. The number of azide groups is 1. The van der Waals surface area contributed by atoms with Gasteiger partial charge in [-0.25, -0.2) is 0 Å². The lowest BCUT2D eigenvalue weighted by molar-refractivity contribution is -0.117. The monoisotopic (exact) mass is 205 g/mol. The summed E-state index contributed by atoms with van der Waals surface area (Å²) in [6.07, 6.45) is 3.20. The molecule has 2 heterocycles. The Morgan fingerprint density at radius 2 is 2.53 bits per heavy atom. The first-order chi connectivity index (χ1) is 7.22. The van der Waals surface area contributed by atoms with Crippen LogP contribution >= 0.6 is 0 Å². The van der Waals surface area contributed by atoms with Gasteiger partial charge in [0.1, 0.15) is 6.04 Å². The van der Waals surface area contributed by atoms with E-state index in [-0.39, 0.29) is 5.91 Å². The number of nitrogens with zero attached hydrogens (tertiary/aromatic N) is 4. The molecule has 1 amide bonds. The molecule has 0 fully saturated rings. The molecule has 78 valence electrons. The van der Waals surface area contributed by atoms with Crippen LogP contribution in [0.3, 0.4) is 0 Å². The molecule has 15 heavy (non-hydrogen) atoms. The molecule has 1 unspecified atom stereocenters. The van der Waals surface area contributed by atoms with Crippen molar-refractivity contribution in [2.24, 2.45) is 12.2 Å². The number of anilines is 1. The average molecular weight is 205 g/mol. The van der Waals surface area contributed by atoms with E-state index in [4.69, 9.17) is 5.53 Å². The molecule has 1 N–H and O–H groups in total. The molecule has 0 radical (unpaired) electrons. The smallest absolute Gasteiger partial charge is 0.233 e. The van der Waals surface area contributed by atoms with E-state index in [2.05, 4.69) is 15.3 Å². The van der Waals surface area contributed by atoms with Crippen molar-refractivity contribution in [1.82, 2.24) is 4.57 Å². The zero-order valence-corrected chi connectivity index (χ0v) is 8.34. The second kappa shape index (κ2) is 3.67. The predicted molar refractivity (Wildman–Crippen MR) is 55.3 cm³/mol. The molecule has 1 aliphatic heterocycles. The quantitative estimate of drug-likeness (QED) is 0.421. The Balaban J connectivity index is 2.30. The number of aromatic nitrogens is 1. The van der Waals surface area contributed by atoms with Gasteiger partial charge in [-0.2, -0.15) is 0 Å². The molecule has 0 spiro atoms. The van der Waals surface area contributed by atoms with Crippen LogP contribution in [0.4, 0.5) is 5.69 Å². The third-order valence-electron chi connectivity index (χ3n) is 2.61. The standard InChI is InChI=1S/C9H11N5O/c1-14-5-4-6-8(14)3-2-7(12-13-10)9(15)11-6/h4-5,7H,2-3H2,1H3,(H,11,15). The minimum atomic E-state index is -0.595. The number of rotatable bonds is 1. The Hall–Kier alpha value is -1.94. The first-order valence-electron chi connectivity index (χ1n) is 4.71. The van der Waals surface area contributed by atoms with E-state index < -0.39 is 6.04 Å². The Bertz CT molecular complexity index is 443. The summed E-state index contributed by atoms with van der Waals surface area (Å²) in [5, 5.41) is 6.23. The summed E-state index contributed by atoms with van der Waals surface area (Å²) in [4.78, 5) is 14.3. The molecule has 1 aliphatic rings. The van der Waals surface area contributed by atoms with Crippen molar-refractivity contribution < 1.29 is 4.79 Å². The van der Waals surface area contributed by atoms with Gasteiger partial charge in [0.05, 0.1) is 5.69 Å². The molecule has 1 atom stereocenters. The van der Waals surface area contributed by atoms with Gasteiger partial charge in [-0.05, 0) is 24.4 Å². The molecular weight excluding hydrogens is 194 g/mol. The Kier molecular flexibility index (Phi) is 2.35. The summed E-state index contributed by atoms with van der Waals surface area (Å²) >= 11 is 0. The zero-order chi connectivity index (χ0) is 10.8. The van der Waals surface area contributed by atoms with Gasteiger partial charge in [0, 0.05) is 23.9 Å². The van der Waals surface area contributed by atoms with Gasteiger partial charge >= 0.3 is 0 Å². The van der Waals surface area contributed by atoms with Crippen LogP contribution in [0.15, 0.2) is 17.4 Å². The third-order valence-corrected chi connectivity index (χ3v) is 2.61. The maximum absolute atomic E-state index is 11.6. The van der Waals surface area contributed by atoms with Crippen molar-refractivity contribution in [1.29, 1.82) is 0 Å². The Morgan fingerprint density at radius 1 is 1.73 bits per heavy atom. The molecule has 0 saturated heterocycles. The van der Waals surface area contributed by atoms with E-state index in [1.165, 1.54) is 0 Å². The number of hydrogen-bond acceptors (Lipinski definition) is 2. The Labute approximate surface area is 86.5 Å². The van der Waals surface area contributed by atoms with Crippen LogP contribution in [0.25, 0.3) is 10.4 Å². The van der Waals surface area contributed by atoms with Crippen LogP contribution < -0.4 is 5.32 Å². The fourth-order valence-corrected chi connectivity index (χ4v) is 1.78. The SMILES string of the molecule is Cn1ccc2c1CCC(N=[N+]=[N-])C(=O)N2. The zero-order valence-electron chi connectivity index (χ0n) is 8.34. The molecular formula is C9H11N5O. The fraction of sp³-hybridized carbons (Fsp3) is 0.444. The largest absolute Gasteiger partial charge is 0.353 e. The van der Waals surface area contributed by atoms with Gasteiger partial charge in [0.2, 0.25) is 5.91 Å². The van der Waals surface area contributed by atoms with Gasteiger partial charge < -0.3 is 9.88 Å².